The third-order valence-corrected chi connectivity index (χ3v) is 3.49. The van der Waals surface area contributed by atoms with E-state index in [1.54, 1.807) is 24.2 Å². The maximum absolute atomic E-state index is 5.85. The molecule has 1 aromatic carbocycles. The van der Waals surface area contributed by atoms with Crippen molar-refractivity contribution in [1.82, 2.24) is 9.97 Å². The molecule has 0 atom stereocenters. The molecular weight excluding hydrogens is 266 g/mol. The van der Waals surface area contributed by atoms with Gasteiger partial charge in [-0.3, -0.25) is 4.98 Å². The fourth-order valence-corrected chi connectivity index (χ4v) is 2.35. The standard InChI is InChI=1S/C13H14ClN3S/c1-2-16-12-7-15-8-13(17-12)18-9-10-3-5-11(14)6-4-10/h3-8H,2,9H2,1H3,(H,16,17). The minimum atomic E-state index is 0.762. The van der Waals surface area contributed by atoms with Crippen molar-refractivity contribution >= 4 is 29.2 Å². The van der Waals surface area contributed by atoms with Crippen LogP contribution in [0.15, 0.2) is 41.7 Å². The van der Waals surface area contributed by atoms with E-state index in [4.69, 9.17) is 11.6 Å². The van der Waals surface area contributed by atoms with E-state index in [0.717, 1.165) is 28.2 Å². The van der Waals surface area contributed by atoms with Gasteiger partial charge in [-0.1, -0.05) is 23.7 Å². The van der Waals surface area contributed by atoms with Crippen LogP contribution in [0.5, 0.6) is 0 Å². The lowest BCUT2D eigenvalue weighted by molar-refractivity contribution is 1.03. The fraction of sp³-hybridized carbons (Fsp3) is 0.231. The van der Waals surface area contributed by atoms with Crippen LogP contribution >= 0.6 is 23.4 Å². The Bertz CT molecular complexity index is 502. The first-order chi connectivity index (χ1) is 8.78. The summed E-state index contributed by atoms with van der Waals surface area (Å²) in [6.45, 7) is 2.88. The van der Waals surface area contributed by atoms with Crippen molar-refractivity contribution in [3.63, 3.8) is 0 Å². The lowest BCUT2D eigenvalue weighted by atomic mass is 10.2. The summed E-state index contributed by atoms with van der Waals surface area (Å²) in [5.74, 6) is 1.68. The van der Waals surface area contributed by atoms with Crippen molar-refractivity contribution in [2.45, 2.75) is 17.7 Å². The number of anilines is 1. The smallest absolute Gasteiger partial charge is 0.145 e. The zero-order chi connectivity index (χ0) is 12.8. The van der Waals surface area contributed by atoms with E-state index >= 15 is 0 Å². The first kappa shape index (κ1) is 13.2. The van der Waals surface area contributed by atoms with Crippen LogP contribution in [0.3, 0.4) is 0 Å². The third-order valence-electron chi connectivity index (χ3n) is 2.27. The average molecular weight is 280 g/mol. The van der Waals surface area contributed by atoms with Crippen LogP contribution in [0.2, 0.25) is 5.02 Å². The molecule has 1 heterocycles. The topological polar surface area (TPSA) is 37.8 Å². The summed E-state index contributed by atoms with van der Waals surface area (Å²) >= 11 is 7.51. The molecule has 0 amide bonds. The normalized spacial score (nSPS) is 10.3. The van der Waals surface area contributed by atoms with Gasteiger partial charge in [0.1, 0.15) is 10.8 Å². The average Bonchev–Trinajstić information content (AvgIpc) is 2.39. The second-order valence-electron chi connectivity index (χ2n) is 3.69. The Morgan fingerprint density at radius 1 is 1.22 bits per heavy atom. The van der Waals surface area contributed by atoms with Crippen LogP contribution in [0.1, 0.15) is 12.5 Å². The highest BCUT2D eigenvalue weighted by Gasteiger charge is 2.00. The highest BCUT2D eigenvalue weighted by molar-refractivity contribution is 7.98. The minimum absolute atomic E-state index is 0.762. The molecule has 0 fully saturated rings. The van der Waals surface area contributed by atoms with Crippen molar-refractivity contribution in [3.05, 3.63) is 47.2 Å². The molecule has 0 radical (unpaired) electrons. The van der Waals surface area contributed by atoms with Crippen LogP contribution in [0.4, 0.5) is 5.82 Å². The second kappa shape index (κ2) is 6.61. The minimum Gasteiger partial charge on any atom is -0.369 e. The Labute approximate surface area is 116 Å². The van der Waals surface area contributed by atoms with E-state index in [0.29, 0.717) is 0 Å². The lowest BCUT2D eigenvalue weighted by Gasteiger charge is -2.04. The van der Waals surface area contributed by atoms with Crippen molar-refractivity contribution < 1.29 is 0 Å². The molecule has 18 heavy (non-hydrogen) atoms. The highest BCUT2D eigenvalue weighted by Crippen LogP contribution is 2.22. The Morgan fingerprint density at radius 2 is 2.00 bits per heavy atom. The van der Waals surface area contributed by atoms with Gasteiger partial charge in [0.25, 0.3) is 0 Å². The lowest BCUT2D eigenvalue weighted by Crippen LogP contribution is -2.00. The van der Waals surface area contributed by atoms with Crippen molar-refractivity contribution in [1.29, 1.82) is 0 Å². The number of hydrogen-bond donors (Lipinski definition) is 1. The Balaban J connectivity index is 1.97. The second-order valence-corrected chi connectivity index (χ2v) is 5.12. The quantitative estimate of drug-likeness (QED) is 0.844. The summed E-state index contributed by atoms with van der Waals surface area (Å²) in [5, 5.41) is 4.83. The molecule has 0 saturated heterocycles. The zero-order valence-corrected chi connectivity index (χ0v) is 11.6. The number of thioether (sulfide) groups is 1. The third kappa shape index (κ3) is 3.89. The molecule has 0 unspecified atom stereocenters. The van der Waals surface area contributed by atoms with Crippen LogP contribution < -0.4 is 5.32 Å². The van der Waals surface area contributed by atoms with Gasteiger partial charge in [-0.2, -0.15) is 0 Å². The number of hydrogen-bond acceptors (Lipinski definition) is 4. The van der Waals surface area contributed by atoms with E-state index in [9.17, 15) is 0 Å². The Morgan fingerprint density at radius 3 is 2.72 bits per heavy atom. The monoisotopic (exact) mass is 279 g/mol. The molecule has 0 aliphatic carbocycles. The molecule has 1 aromatic heterocycles. The molecule has 2 aromatic rings. The maximum atomic E-state index is 5.85. The summed E-state index contributed by atoms with van der Waals surface area (Å²) < 4.78 is 0. The first-order valence-electron chi connectivity index (χ1n) is 5.71. The van der Waals surface area contributed by atoms with Crippen LogP contribution in [0, 0.1) is 0 Å². The summed E-state index contributed by atoms with van der Waals surface area (Å²) in [7, 11) is 0. The fourth-order valence-electron chi connectivity index (χ4n) is 1.42. The summed E-state index contributed by atoms with van der Waals surface area (Å²) in [5.41, 5.74) is 1.22. The summed E-state index contributed by atoms with van der Waals surface area (Å²) in [4.78, 5) is 8.62. The van der Waals surface area contributed by atoms with E-state index in [1.165, 1.54) is 5.56 Å². The largest absolute Gasteiger partial charge is 0.369 e. The van der Waals surface area contributed by atoms with E-state index < -0.39 is 0 Å². The summed E-state index contributed by atoms with van der Waals surface area (Å²) in [6, 6.07) is 7.85. The van der Waals surface area contributed by atoms with E-state index in [2.05, 4.69) is 15.3 Å². The summed E-state index contributed by atoms with van der Waals surface area (Å²) in [6.07, 6.45) is 3.51. The van der Waals surface area contributed by atoms with Crippen LogP contribution in [0.25, 0.3) is 0 Å². The number of nitrogens with zero attached hydrogens (tertiary/aromatic N) is 2. The van der Waals surface area contributed by atoms with Crippen molar-refractivity contribution in [3.8, 4) is 0 Å². The molecule has 1 N–H and O–H groups in total. The molecule has 3 nitrogen and oxygen atoms in total. The van der Waals surface area contributed by atoms with Crippen LogP contribution in [-0.4, -0.2) is 16.5 Å². The van der Waals surface area contributed by atoms with Gasteiger partial charge < -0.3 is 5.32 Å². The Hall–Kier alpha value is -1.26. The molecule has 2 rings (SSSR count). The Kier molecular flexibility index (Phi) is 4.84. The van der Waals surface area contributed by atoms with Gasteiger partial charge in [-0.15, -0.1) is 11.8 Å². The van der Waals surface area contributed by atoms with Gasteiger partial charge in [0.05, 0.1) is 12.4 Å². The molecule has 5 heteroatoms. The molecule has 0 saturated carbocycles. The van der Waals surface area contributed by atoms with Gasteiger partial charge in [0.15, 0.2) is 0 Å². The highest BCUT2D eigenvalue weighted by atomic mass is 35.5. The maximum Gasteiger partial charge on any atom is 0.145 e. The molecular formula is C13H14ClN3S. The van der Waals surface area contributed by atoms with E-state index in [-0.39, 0.29) is 0 Å². The SMILES string of the molecule is CCNc1cncc(SCc2ccc(Cl)cc2)n1. The van der Waals surface area contributed by atoms with Gasteiger partial charge in [-0.05, 0) is 24.6 Å². The van der Waals surface area contributed by atoms with Gasteiger partial charge >= 0.3 is 0 Å². The van der Waals surface area contributed by atoms with Gasteiger partial charge in [0, 0.05) is 17.3 Å². The van der Waals surface area contributed by atoms with Gasteiger partial charge in [-0.25, -0.2) is 4.98 Å². The van der Waals surface area contributed by atoms with Crippen molar-refractivity contribution in [2.24, 2.45) is 0 Å². The zero-order valence-electron chi connectivity index (χ0n) is 10.1. The number of nitrogens with one attached hydrogen (secondary N) is 1. The van der Waals surface area contributed by atoms with Crippen LogP contribution in [-0.2, 0) is 5.75 Å². The number of benzene rings is 1. The predicted octanol–water partition coefficient (Wildman–Crippen LogP) is 3.85. The molecule has 0 spiro atoms. The molecule has 94 valence electrons. The van der Waals surface area contributed by atoms with E-state index in [1.807, 2.05) is 31.2 Å². The first-order valence-corrected chi connectivity index (χ1v) is 7.07. The molecule has 0 aliphatic rings. The van der Waals surface area contributed by atoms with Gasteiger partial charge in [0.2, 0.25) is 0 Å². The number of rotatable bonds is 5. The number of halogens is 1. The predicted molar refractivity (Wildman–Crippen MR) is 77.2 cm³/mol. The molecule has 0 aliphatic heterocycles. The van der Waals surface area contributed by atoms with Crippen molar-refractivity contribution in [2.75, 3.05) is 11.9 Å². The number of aromatic nitrogens is 2. The molecule has 0 bridgehead atoms.